The molecule has 2 aliphatic heterocycles. The van der Waals surface area contributed by atoms with E-state index in [0.717, 1.165) is 74.1 Å². The second-order valence-corrected chi connectivity index (χ2v) is 31.6. The Labute approximate surface area is 524 Å². The molecule has 0 atom stereocenters. The maximum absolute atomic E-state index is 7.58. The van der Waals surface area contributed by atoms with E-state index in [9.17, 15) is 0 Å². The number of hydrogen-bond donors (Lipinski definition) is 0. The molecule has 5 nitrogen and oxygen atoms in total. The maximum atomic E-state index is 7.58. The number of hydrogen-bond acceptors (Lipinski definition) is 4. The fourth-order valence-electron chi connectivity index (χ4n) is 16.5. The van der Waals surface area contributed by atoms with Gasteiger partial charge in [-0.2, -0.15) is 0 Å². The summed E-state index contributed by atoms with van der Waals surface area (Å²) in [6.07, 6.45) is 2.26. The van der Waals surface area contributed by atoms with Gasteiger partial charge in [0.25, 0.3) is 0 Å². The van der Waals surface area contributed by atoms with Crippen molar-refractivity contribution in [1.82, 2.24) is 4.57 Å². The van der Waals surface area contributed by atoms with Crippen LogP contribution in [-0.2, 0) is 32.5 Å². The first kappa shape index (κ1) is 54.4. The molecule has 440 valence electrons. The van der Waals surface area contributed by atoms with Gasteiger partial charge in [-0.25, -0.2) is 0 Å². The Morgan fingerprint density at radius 2 is 0.989 bits per heavy atom. The summed E-state index contributed by atoms with van der Waals surface area (Å²) in [4.78, 5) is 5.17. The Balaban J connectivity index is 0.984. The van der Waals surface area contributed by atoms with Crippen LogP contribution >= 0.6 is 0 Å². The standard InChI is InChI=1S/C83H78BN3O2/c1-78(2,3)47-24-30-50(31-25-47)85(51-32-26-48(27-33-51)79(4,5)6)53-36-37-54-57-41-59-67(44-62(57)83(14,15)61(54)40-53)87(52-34-28-49(29-35-52)80(7,8)9)84-65-46-71-58(55-20-16-18-22-69(55)88-71)43-68(65)86-66-45-64-63(81(10,11)38-39-82(64,12)13)42-60(66)72-73-56-21-17-19-23-70(56)89-77(73)74(59)75(84)76(72)86/h16-37,40-46H,38-39H2,1-15H3. The topological polar surface area (TPSA) is 37.7 Å². The highest BCUT2D eigenvalue weighted by Gasteiger charge is 2.49. The number of benzene rings is 10. The molecule has 2 aliphatic carbocycles. The number of anilines is 5. The molecule has 5 heterocycles. The highest BCUT2D eigenvalue weighted by molar-refractivity contribution is 6.94. The summed E-state index contributed by atoms with van der Waals surface area (Å²) >= 11 is 0. The highest BCUT2D eigenvalue weighted by Crippen LogP contribution is 2.59. The number of furan rings is 2. The lowest BCUT2D eigenvalue weighted by Crippen LogP contribution is -2.60. The van der Waals surface area contributed by atoms with Crippen LogP contribution in [0.5, 0.6) is 0 Å². The molecule has 3 aromatic heterocycles. The Hall–Kier alpha value is -8.74. The van der Waals surface area contributed by atoms with Crippen molar-refractivity contribution >= 4 is 112 Å². The van der Waals surface area contributed by atoms with E-state index in [1.165, 1.54) is 111 Å². The normalized spacial score (nSPS) is 16.2. The van der Waals surface area contributed by atoms with Gasteiger partial charge in [-0.05, 0) is 198 Å². The summed E-state index contributed by atoms with van der Waals surface area (Å²) in [5.41, 5.74) is 29.6. The van der Waals surface area contributed by atoms with Gasteiger partial charge in [0.1, 0.15) is 22.3 Å². The van der Waals surface area contributed by atoms with Gasteiger partial charge < -0.3 is 23.1 Å². The van der Waals surface area contributed by atoms with Crippen molar-refractivity contribution in [3.05, 3.63) is 215 Å². The van der Waals surface area contributed by atoms with E-state index in [1.54, 1.807) is 0 Å². The maximum Gasteiger partial charge on any atom is 0.333 e. The van der Waals surface area contributed by atoms with Crippen LogP contribution in [0.2, 0.25) is 0 Å². The Morgan fingerprint density at radius 3 is 1.61 bits per heavy atom. The Kier molecular flexibility index (Phi) is 10.9. The minimum absolute atomic E-state index is 0.00436. The lowest BCUT2D eigenvalue weighted by Gasteiger charge is -2.43. The third kappa shape index (κ3) is 7.62. The molecule has 0 amide bonds. The third-order valence-electron chi connectivity index (χ3n) is 21.7. The summed E-state index contributed by atoms with van der Waals surface area (Å²) in [7, 11) is 0. The lowest BCUT2D eigenvalue weighted by atomic mass is 9.43. The van der Waals surface area contributed by atoms with E-state index in [0.29, 0.717) is 0 Å². The average Bonchev–Trinajstić information content (AvgIpc) is 1.57. The first-order valence-electron chi connectivity index (χ1n) is 32.5. The van der Waals surface area contributed by atoms with Crippen LogP contribution in [0.15, 0.2) is 185 Å². The zero-order valence-corrected chi connectivity index (χ0v) is 54.4. The van der Waals surface area contributed by atoms with Gasteiger partial charge in [0.15, 0.2) is 0 Å². The predicted octanol–water partition coefficient (Wildman–Crippen LogP) is 21.8. The minimum Gasteiger partial charge on any atom is -0.456 e. The summed E-state index contributed by atoms with van der Waals surface area (Å²) < 4.78 is 17.3. The quantitative estimate of drug-likeness (QED) is 0.165. The molecule has 0 N–H and O–H groups in total. The molecule has 10 aromatic carbocycles. The fraction of sp³-hybridized carbons (Fsp3) is 0.277. The van der Waals surface area contributed by atoms with Gasteiger partial charge in [-0.1, -0.05) is 183 Å². The van der Waals surface area contributed by atoms with Crippen molar-refractivity contribution in [3.63, 3.8) is 0 Å². The van der Waals surface area contributed by atoms with E-state index in [2.05, 4.69) is 294 Å². The monoisotopic (exact) mass is 1160 g/mol. The molecule has 6 heteroatoms. The number of rotatable bonds is 4. The second kappa shape index (κ2) is 17.8. The molecule has 0 radical (unpaired) electrons. The molecule has 13 aromatic rings. The predicted molar refractivity (Wildman–Crippen MR) is 378 cm³/mol. The van der Waals surface area contributed by atoms with Gasteiger partial charge in [0.05, 0.1) is 11.0 Å². The van der Waals surface area contributed by atoms with Gasteiger partial charge in [-0.3, -0.25) is 0 Å². The van der Waals surface area contributed by atoms with Crippen LogP contribution in [0.3, 0.4) is 0 Å². The van der Waals surface area contributed by atoms with Crippen molar-refractivity contribution in [1.29, 1.82) is 0 Å². The number of fused-ring (bicyclic) bond motifs is 20. The summed E-state index contributed by atoms with van der Waals surface area (Å²) in [6.45, 7) is 35.2. The van der Waals surface area contributed by atoms with E-state index in [-0.39, 0.29) is 39.3 Å². The Morgan fingerprint density at radius 1 is 0.438 bits per heavy atom. The molecular formula is C83H78BN3O2. The molecule has 0 saturated carbocycles. The lowest BCUT2D eigenvalue weighted by molar-refractivity contribution is 0.332. The minimum atomic E-state index is -0.383. The first-order chi connectivity index (χ1) is 42.3. The van der Waals surface area contributed by atoms with Crippen LogP contribution in [-0.4, -0.2) is 11.4 Å². The molecule has 89 heavy (non-hydrogen) atoms. The number of nitrogens with zero attached hydrogens (tertiary/aromatic N) is 3. The molecule has 4 aliphatic rings. The molecule has 0 spiro atoms. The molecule has 0 saturated heterocycles. The van der Waals surface area contributed by atoms with Crippen LogP contribution in [0.1, 0.15) is 156 Å². The number of aromatic nitrogens is 1. The zero-order valence-electron chi connectivity index (χ0n) is 54.4. The van der Waals surface area contributed by atoms with E-state index < -0.39 is 0 Å². The smallest absolute Gasteiger partial charge is 0.333 e. The summed E-state index contributed by atoms with van der Waals surface area (Å²) in [6, 6.07) is 67.9. The molecule has 0 bridgehead atoms. The molecular weight excluding hydrogens is 1080 g/mol. The van der Waals surface area contributed by atoms with E-state index in [4.69, 9.17) is 8.83 Å². The van der Waals surface area contributed by atoms with Crippen LogP contribution in [0, 0.1) is 0 Å². The largest absolute Gasteiger partial charge is 0.456 e. The Bertz CT molecular complexity index is 5160. The van der Waals surface area contributed by atoms with Crippen molar-refractivity contribution in [2.75, 3.05) is 9.71 Å². The SMILES string of the molecule is CC(C)(C)c1ccc(N2B3c4cc5oc6ccccc6c5cc4-n4c5cc6c(cc5c5c7c(oc8ccccc87)c(c3c54)-c3cc4c(cc32)C(C)(C)c2cc(N(c3ccc(C(C)(C)C)cc3)c3ccc(C(C)(C)C)cc3)ccc2-4)C(C)(C)CCC6(C)C)cc1. The zero-order chi connectivity index (χ0) is 61.5. The average molecular weight is 1160 g/mol. The van der Waals surface area contributed by atoms with E-state index in [1.807, 2.05) is 0 Å². The van der Waals surface area contributed by atoms with Crippen molar-refractivity contribution < 1.29 is 8.83 Å². The molecule has 0 fully saturated rings. The van der Waals surface area contributed by atoms with Crippen molar-refractivity contribution in [2.24, 2.45) is 0 Å². The van der Waals surface area contributed by atoms with Crippen LogP contribution in [0.25, 0.3) is 93.6 Å². The van der Waals surface area contributed by atoms with Gasteiger partial charge in [0, 0.05) is 83.0 Å². The van der Waals surface area contributed by atoms with Gasteiger partial charge >= 0.3 is 6.85 Å². The summed E-state index contributed by atoms with van der Waals surface area (Å²) in [5.74, 6) is 0. The van der Waals surface area contributed by atoms with Gasteiger partial charge in [-0.15, -0.1) is 0 Å². The molecule has 17 rings (SSSR count). The van der Waals surface area contributed by atoms with E-state index >= 15 is 0 Å². The van der Waals surface area contributed by atoms with Crippen molar-refractivity contribution in [2.45, 2.75) is 149 Å². The fourth-order valence-corrected chi connectivity index (χ4v) is 16.5. The van der Waals surface area contributed by atoms with Crippen LogP contribution in [0.4, 0.5) is 28.4 Å². The number of para-hydroxylation sites is 2. The van der Waals surface area contributed by atoms with Gasteiger partial charge in [0.2, 0.25) is 0 Å². The van der Waals surface area contributed by atoms with Crippen molar-refractivity contribution in [3.8, 4) is 27.9 Å². The first-order valence-corrected chi connectivity index (χ1v) is 32.5. The van der Waals surface area contributed by atoms with Crippen LogP contribution < -0.4 is 20.6 Å². The highest BCUT2D eigenvalue weighted by atomic mass is 16.3. The second-order valence-electron chi connectivity index (χ2n) is 31.6. The third-order valence-corrected chi connectivity index (χ3v) is 21.7. The molecule has 0 unspecified atom stereocenters. The summed E-state index contributed by atoms with van der Waals surface area (Å²) in [5, 5.41) is 7.14.